The lowest BCUT2D eigenvalue weighted by Crippen LogP contribution is -2.38. The van der Waals surface area contributed by atoms with Gasteiger partial charge in [0.05, 0.1) is 22.6 Å². The summed E-state index contributed by atoms with van der Waals surface area (Å²) in [6.07, 6.45) is 1.46. The first-order valence-corrected chi connectivity index (χ1v) is 13.6. The van der Waals surface area contributed by atoms with Crippen LogP contribution >= 0.6 is 11.6 Å². The molecule has 1 aromatic heterocycles. The molecule has 0 N–H and O–H groups in total. The minimum atomic E-state index is -0.475. The molecule has 4 aromatic carbocycles. The van der Waals surface area contributed by atoms with Crippen LogP contribution in [0.2, 0.25) is 5.02 Å². The average molecular weight is 536 g/mol. The highest BCUT2D eigenvalue weighted by molar-refractivity contribution is 6.30. The summed E-state index contributed by atoms with van der Waals surface area (Å²) in [7, 11) is 0. The van der Waals surface area contributed by atoms with Crippen LogP contribution in [0.3, 0.4) is 0 Å². The van der Waals surface area contributed by atoms with Gasteiger partial charge < -0.3 is 4.90 Å². The minimum absolute atomic E-state index is 0.155. The lowest BCUT2D eigenvalue weighted by Gasteiger charge is -2.32. The van der Waals surface area contributed by atoms with Gasteiger partial charge in [0.1, 0.15) is 5.82 Å². The molecule has 0 radical (unpaired) electrons. The number of aromatic nitrogens is 2. The largest absolute Gasteiger partial charge is 0.324 e. The van der Waals surface area contributed by atoms with Crippen molar-refractivity contribution in [1.82, 2.24) is 14.5 Å². The molecule has 6 heteroatoms. The second kappa shape index (κ2) is 11.7. The van der Waals surface area contributed by atoms with E-state index in [0.29, 0.717) is 40.3 Å². The molecule has 1 amide bonds. The van der Waals surface area contributed by atoms with Crippen LogP contribution in [0.25, 0.3) is 16.6 Å². The lowest BCUT2D eigenvalue weighted by atomic mass is 10.1. The van der Waals surface area contributed by atoms with Crippen LogP contribution in [-0.2, 0) is 13.0 Å². The Morgan fingerprint density at radius 3 is 2.18 bits per heavy atom. The average Bonchev–Trinajstić information content (AvgIpc) is 2.98. The molecule has 5 aromatic rings. The first-order chi connectivity index (χ1) is 19.0. The number of fused-ring (bicyclic) bond motifs is 1. The molecule has 0 aliphatic carbocycles. The number of amides is 1. The molecule has 1 unspecified atom stereocenters. The number of hydrogen-bond donors (Lipinski definition) is 0. The fourth-order valence-electron chi connectivity index (χ4n) is 4.91. The van der Waals surface area contributed by atoms with Crippen LogP contribution in [0.15, 0.2) is 108 Å². The zero-order chi connectivity index (χ0) is 27.4. The highest BCUT2D eigenvalue weighted by atomic mass is 35.5. The van der Waals surface area contributed by atoms with Crippen LogP contribution in [0.1, 0.15) is 53.6 Å². The van der Waals surface area contributed by atoms with E-state index in [-0.39, 0.29) is 11.5 Å². The Balaban J connectivity index is 1.72. The first-order valence-electron chi connectivity index (χ1n) is 13.2. The fraction of sp³-hybridized carbons (Fsp3) is 0.182. The molecule has 0 saturated carbocycles. The van der Waals surface area contributed by atoms with Crippen molar-refractivity contribution in [2.75, 3.05) is 0 Å². The third-order valence-corrected chi connectivity index (χ3v) is 7.27. The number of nitrogens with zero attached hydrogens (tertiary/aromatic N) is 3. The topological polar surface area (TPSA) is 55.2 Å². The smallest absolute Gasteiger partial charge is 0.266 e. The predicted molar refractivity (Wildman–Crippen MR) is 158 cm³/mol. The summed E-state index contributed by atoms with van der Waals surface area (Å²) in [6.45, 7) is 4.48. The second-order valence-corrected chi connectivity index (χ2v) is 9.93. The Bertz CT molecular complexity index is 1650. The van der Waals surface area contributed by atoms with Gasteiger partial charge in [-0.1, -0.05) is 80.0 Å². The summed E-state index contributed by atoms with van der Waals surface area (Å²) in [5.41, 5.74) is 3.86. The Morgan fingerprint density at radius 2 is 1.51 bits per heavy atom. The van der Waals surface area contributed by atoms with E-state index >= 15 is 0 Å². The van der Waals surface area contributed by atoms with Crippen LogP contribution in [0.5, 0.6) is 0 Å². The standard InChI is InChI=1S/C33H30ClN3O2/c1-3-23-14-20-27(21-15-23)37-31(35-29-13-9-8-12-28(29)33(37)39)30(4-2)36(22-24-10-6-5-7-11-24)32(38)25-16-18-26(34)19-17-25/h5-21,30H,3-4,22H2,1-2H3. The Hall–Kier alpha value is -4.22. The molecule has 0 aliphatic rings. The summed E-state index contributed by atoms with van der Waals surface area (Å²) in [6, 6.07) is 31.6. The van der Waals surface area contributed by atoms with Crippen molar-refractivity contribution in [3.8, 4) is 5.69 Å². The highest BCUT2D eigenvalue weighted by Gasteiger charge is 2.30. The molecule has 1 heterocycles. The van der Waals surface area contributed by atoms with Gasteiger partial charge in [-0.25, -0.2) is 4.98 Å². The Labute approximate surface area is 233 Å². The van der Waals surface area contributed by atoms with Crippen molar-refractivity contribution in [2.24, 2.45) is 0 Å². The molecule has 0 spiro atoms. The monoisotopic (exact) mass is 535 g/mol. The van der Waals surface area contributed by atoms with Crippen molar-refractivity contribution >= 4 is 28.4 Å². The molecular weight excluding hydrogens is 506 g/mol. The number of carbonyl (C=O) groups excluding carboxylic acids is 1. The maximum atomic E-state index is 14.1. The number of rotatable bonds is 8. The van der Waals surface area contributed by atoms with E-state index in [1.807, 2.05) is 84.6 Å². The summed E-state index contributed by atoms with van der Waals surface area (Å²) < 4.78 is 1.67. The summed E-state index contributed by atoms with van der Waals surface area (Å²) in [4.78, 5) is 34.9. The van der Waals surface area contributed by atoms with Gasteiger partial charge in [-0.05, 0) is 72.5 Å². The number of para-hydroxylation sites is 1. The summed E-state index contributed by atoms with van der Waals surface area (Å²) >= 11 is 6.12. The predicted octanol–water partition coefficient (Wildman–Crippen LogP) is 7.40. The SMILES string of the molecule is CCc1ccc(-n2c(C(CC)N(Cc3ccccc3)C(=O)c3ccc(Cl)cc3)nc3ccccc3c2=O)cc1. The molecule has 5 rings (SSSR count). The van der Waals surface area contributed by atoms with Gasteiger partial charge >= 0.3 is 0 Å². The van der Waals surface area contributed by atoms with Crippen molar-refractivity contribution in [1.29, 1.82) is 0 Å². The number of carbonyl (C=O) groups is 1. The van der Waals surface area contributed by atoms with Gasteiger partial charge in [-0.2, -0.15) is 0 Å². The molecule has 39 heavy (non-hydrogen) atoms. The maximum absolute atomic E-state index is 14.1. The van der Waals surface area contributed by atoms with E-state index in [0.717, 1.165) is 17.7 Å². The van der Waals surface area contributed by atoms with Gasteiger partial charge in [-0.15, -0.1) is 0 Å². The van der Waals surface area contributed by atoms with Crippen LogP contribution in [0.4, 0.5) is 0 Å². The van der Waals surface area contributed by atoms with E-state index in [1.165, 1.54) is 5.56 Å². The molecule has 0 saturated heterocycles. The second-order valence-electron chi connectivity index (χ2n) is 9.50. The molecule has 0 fully saturated rings. The van der Waals surface area contributed by atoms with Crippen LogP contribution in [-0.4, -0.2) is 20.4 Å². The van der Waals surface area contributed by atoms with Crippen LogP contribution < -0.4 is 5.56 Å². The molecular formula is C33H30ClN3O2. The normalized spacial score (nSPS) is 11.9. The first kappa shape index (κ1) is 26.4. The molecule has 5 nitrogen and oxygen atoms in total. The van der Waals surface area contributed by atoms with Crippen molar-refractivity contribution < 1.29 is 4.79 Å². The number of halogens is 1. The van der Waals surface area contributed by atoms with E-state index < -0.39 is 6.04 Å². The third kappa shape index (κ3) is 5.50. The van der Waals surface area contributed by atoms with Crippen LogP contribution in [0, 0.1) is 0 Å². The van der Waals surface area contributed by atoms with E-state index in [2.05, 4.69) is 6.92 Å². The highest BCUT2D eigenvalue weighted by Crippen LogP contribution is 2.29. The summed E-state index contributed by atoms with van der Waals surface area (Å²) in [5.74, 6) is 0.376. The zero-order valence-electron chi connectivity index (χ0n) is 22.0. The van der Waals surface area contributed by atoms with E-state index in [1.54, 1.807) is 34.9 Å². The molecule has 0 aliphatic heterocycles. The third-order valence-electron chi connectivity index (χ3n) is 7.01. The van der Waals surface area contributed by atoms with Crippen molar-refractivity contribution in [2.45, 2.75) is 39.3 Å². The Kier molecular flexibility index (Phi) is 7.89. The molecule has 0 bridgehead atoms. The van der Waals surface area contributed by atoms with E-state index in [9.17, 15) is 9.59 Å². The van der Waals surface area contributed by atoms with Crippen molar-refractivity contribution in [3.05, 3.63) is 141 Å². The van der Waals surface area contributed by atoms with Gasteiger partial charge in [0, 0.05) is 17.1 Å². The van der Waals surface area contributed by atoms with Gasteiger partial charge in [0.2, 0.25) is 0 Å². The molecule has 196 valence electrons. The summed E-state index contributed by atoms with van der Waals surface area (Å²) in [5, 5.41) is 1.10. The van der Waals surface area contributed by atoms with E-state index in [4.69, 9.17) is 16.6 Å². The maximum Gasteiger partial charge on any atom is 0.266 e. The fourth-order valence-corrected chi connectivity index (χ4v) is 5.03. The number of benzene rings is 4. The number of aryl methyl sites for hydroxylation is 1. The van der Waals surface area contributed by atoms with Gasteiger partial charge in [0.15, 0.2) is 0 Å². The van der Waals surface area contributed by atoms with Gasteiger partial charge in [-0.3, -0.25) is 14.2 Å². The quantitative estimate of drug-likeness (QED) is 0.208. The Morgan fingerprint density at radius 1 is 0.846 bits per heavy atom. The zero-order valence-corrected chi connectivity index (χ0v) is 22.8. The number of hydrogen-bond acceptors (Lipinski definition) is 3. The molecule has 1 atom stereocenters. The minimum Gasteiger partial charge on any atom is -0.324 e. The van der Waals surface area contributed by atoms with Gasteiger partial charge in [0.25, 0.3) is 11.5 Å². The van der Waals surface area contributed by atoms with Crippen molar-refractivity contribution in [3.63, 3.8) is 0 Å². The lowest BCUT2D eigenvalue weighted by molar-refractivity contribution is 0.0640.